The minimum Gasteiger partial charge on any atom is -0.351 e. The first-order valence-corrected chi connectivity index (χ1v) is 5.29. The Bertz CT molecular complexity index is 215. The van der Waals surface area contributed by atoms with Crippen LogP contribution in [0.15, 0.2) is 0 Å². The predicted octanol–water partition coefficient (Wildman–Crippen LogP) is 1.95. The van der Waals surface area contributed by atoms with Gasteiger partial charge in [0.1, 0.15) is 0 Å². The van der Waals surface area contributed by atoms with Gasteiger partial charge in [0.2, 0.25) is 5.91 Å². The van der Waals surface area contributed by atoms with E-state index in [2.05, 4.69) is 5.32 Å². The van der Waals surface area contributed by atoms with Gasteiger partial charge in [-0.2, -0.15) is 0 Å². The van der Waals surface area contributed by atoms with E-state index < -0.39 is 0 Å². The van der Waals surface area contributed by atoms with Crippen LogP contribution < -0.4 is 5.32 Å². The van der Waals surface area contributed by atoms with Crippen molar-refractivity contribution in [3.63, 3.8) is 0 Å². The molecular weight excluding hydrogens is 162 g/mol. The molecule has 3 saturated carbocycles. The number of hydrogen-bond acceptors (Lipinski definition) is 1. The second-order valence-corrected chi connectivity index (χ2v) is 5.60. The van der Waals surface area contributed by atoms with Crippen molar-refractivity contribution in [2.45, 2.75) is 45.6 Å². The summed E-state index contributed by atoms with van der Waals surface area (Å²) >= 11 is 0. The highest BCUT2D eigenvalue weighted by atomic mass is 16.2. The third-order valence-corrected chi connectivity index (χ3v) is 3.33. The Hall–Kier alpha value is -0.530. The zero-order valence-electron chi connectivity index (χ0n) is 8.76. The first-order chi connectivity index (χ1) is 5.97. The van der Waals surface area contributed by atoms with Gasteiger partial charge in [-0.15, -0.1) is 0 Å². The van der Waals surface area contributed by atoms with Crippen LogP contribution in [0.4, 0.5) is 0 Å². The lowest BCUT2D eigenvalue weighted by Crippen LogP contribution is -2.49. The van der Waals surface area contributed by atoms with Gasteiger partial charge in [0.05, 0.1) is 0 Å². The number of nitrogens with one attached hydrogen (secondary N) is 1. The van der Waals surface area contributed by atoms with Crippen molar-refractivity contribution >= 4 is 5.91 Å². The van der Waals surface area contributed by atoms with Crippen molar-refractivity contribution in [2.75, 3.05) is 0 Å². The van der Waals surface area contributed by atoms with E-state index in [0.717, 1.165) is 0 Å². The van der Waals surface area contributed by atoms with Crippen molar-refractivity contribution in [1.29, 1.82) is 0 Å². The summed E-state index contributed by atoms with van der Waals surface area (Å²) in [7, 11) is 0. The average Bonchev–Trinajstić information content (AvgIpc) is 2.36. The van der Waals surface area contributed by atoms with Crippen LogP contribution in [0.25, 0.3) is 0 Å². The summed E-state index contributed by atoms with van der Waals surface area (Å²) in [5.74, 6) is 2.09. The van der Waals surface area contributed by atoms with Gasteiger partial charge in [-0.1, -0.05) is 0 Å². The Labute approximate surface area is 80.1 Å². The van der Waals surface area contributed by atoms with Crippen LogP contribution in [0.2, 0.25) is 0 Å². The number of carbonyl (C=O) groups is 1. The van der Waals surface area contributed by atoms with Gasteiger partial charge in [-0.3, -0.25) is 4.79 Å². The zero-order chi connectivity index (χ0) is 9.64. The number of fused-ring (bicyclic) bond motifs is 1. The summed E-state index contributed by atoms with van der Waals surface area (Å²) in [6, 6.07) is 0. The second-order valence-electron chi connectivity index (χ2n) is 5.60. The smallest absolute Gasteiger partial charge is 0.224 e. The predicted molar refractivity (Wildman–Crippen MR) is 52.2 cm³/mol. The Kier molecular flexibility index (Phi) is 1.90. The van der Waals surface area contributed by atoms with E-state index in [1.54, 1.807) is 0 Å². The van der Waals surface area contributed by atoms with E-state index in [-0.39, 0.29) is 5.54 Å². The molecule has 0 spiro atoms. The van der Waals surface area contributed by atoms with E-state index in [4.69, 9.17) is 0 Å². The number of rotatable bonds is 1. The van der Waals surface area contributed by atoms with Gasteiger partial charge in [0, 0.05) is 11.5 Å². The van der Waals surface area contributed by atoms with E-state index in [9.17, 15) is 4.79 Å². The van der Waals surface area contributed by atoms with E-state index in [0.29, 0.717) is 23.7 Å². The molecule has 1 N–H and O–H groups in total. The molecule has 0 aromatic rings. The molecule has 0 aromatic heterocycles. The molecule has 3 fully saturated rings. The third-order valence-electron chi connectivity index (χ3n) is 3.33. The molecule has 0 radical (unpaired) electrons. The largest absolute Gasteiger partial charge is 0.351 e. The van der Waals surface area contributed by atoms with Crippen LogP contribution in [0.3, 0.4) is 0 Å². The molecule has 2 heteroatoms. The Morgan fingerprint density at radius 1 is 1.23 bits per heavy atom. The first kappa shape index (κ1) is 9.04. The molecule has 13 heavy (non-hydrogen) atoms. The lowest BCUT2D eigenvalue weighted by molar-refractivity contribution is -0.132. The molecule has 2 nitrogen and oxygen atoms in total. The molecule has 0 aromatic carbocycles. The quantitative estimate of drug-likeness (QED) is 0.658. The molecule has 3 aliphatic carbocycles. The summed E-state index contributed by atoms with van der Waals surface area (Å²) in [4.78, 5) is 11.8. The summed E-state index contributed by atoms with van der Waals surface area (Å²) < 4.78 is 0. The zero-order valence-corrected chi connectivity index (χ0v) is 8.76. The van der Waals surface area contributed by atoms with E-state index in [1.165, 1.54) is 19.3 Å². The lowest BCUT2D eigenvalue weighted by atomic mass is 9.71. The van der Waals surface area contributed by atoms with Crippen molar-refractivity contribution in [3.05, 3.63) is 0 Å². The first-order valence-electron chi connectivity index (χ1n) is 5.29. The summed E-state index contributed by atoms with van der Waals surface area (Å²) in [6.07, 6.45) is 3.88. The molecule has 1 unspecified atom stereocenters. The van der Waals surface area contributed by atoms with Crippen LogP contribution in [-0.2, 0) is 4.79 Å². The monoisotopic (exact) mass is 181 g/mol. The maximum atomic E-state index is 11.8. The van der Waals surface area contributed by atoms with Crippen molar-refractivity contribution < 1.29 is 4.79 Å². The minimum atomic E-state index is -0.0634. The standard InChI is InChI=1S/C11H19NO/c1-11(2,3)12-10(13)9-7-4-5-8(9)6-7/h7-9H,4-6H2,1-3H3,(H,12,13)/t7-,8+,9?. The normalized spacial score (nSPS) is 37.0. The minimum absolute atomic E-state index is 0.0634. The van der Waals surface area contributed by atoms with Gasteiger partial charge >= 0.3 is 0 Å². The highest BCUT2D eigenvalue weighted by molar-refractivity contribution is 5.81. The second kappa shape index (κ2) is 2.73. The average molecular weight is 181 g/mol. The Morgan fingerprint density at radius 3 is 2.15 bits per heavy atom. The molecule has 0 saturated heterocycles. The molecule has 3 aliphatic rings. The molecule has 3 atom stereocenters. The van der Waals surface area contributed by atoms with Crippen molar-refractivity contribution in [2.24, 2.45) is 17.8 Å². The molecule has 3 rings (SSSR count). The van der Waals surface area contributed by atoms with Crippen LogP contribution in [0, 0.1) is 17.8 Å². The molecule has 0 heterocycles. The van der Waals surface area contributed by atoms with Crippen molar-refractivity contribution in [1.82, 2.24) is 5.32 Å². The topological polar surface area (TPSA) is 29.1 Å². The van der Waals surface area contributed by atoms with E-state index >= 15 is 0 Å². The van der Waals surface area contributed by atoms with Crippen LogP contribution in [0.1, 0.15) is 40.0 Å². The van der Waals surface area contributed by atoms with E-state index in [1.807, 2.05) is 20.8 Å². The Morgan fingerprint density at radius 2 is 1.77 bits per heavy atom. The molecular formula is C11H19NO. The molecule has 74 valence electrons. The van der Waals surface area contributed by atoms with Gasteiger partial charge in [-0.25, -0.2) is 0 Å². The Balaban J connectivity index is 1.92. The van der Waals surface area contributed by atoms with Crippen LogP contribution in [0.5, 0.6) is 0 Å². The van der Waals surface area contributed by atoms with Gasteiger partial charge in [-0.05, 0) is 51.9 Å². The van der Waals surface area contributed by atoms with Crippen molar-refractivity contribution in [3.8, 4) is 0 Å². The number of carbonyl (C=O) groups excluding carboxylic acids is 1. The van der Waals surface area contributed by atoms with Gasteiger partial charge in [0.15, 0.2) is 0 Å². The highest BCUT2D eigenvalue weighted by Gasteiger charge is 2.50. The summed E-state index contributed by atoms with van der Waals surface area (Å²) in [5, 5.41) is 3.08. The fraction of sp³-hybridized carbons (Fsp3) is 0.909. The molecule has 1 amide bonds. The summed E-state index contributed by atoms with van der Waals surface area (Å²) in [6.45, 7) is 6.14. The maximum absolute atomic E-state index is 11.8. The maximum Gasteiger partial charge on any atom is 0.224 e. The third kappa shape index (κ3) is 1.59. The SMILES string of the molecule is CC(C)(C)NC(=O)C1[C@@H]2CC[C@H]1C2. The number of hydrogen-bond donors (Lipinski definition) is 1. The molecule has 0 aliphatic heterocycles. The van der Waals surface area contributed by atoms with Crippen LogP contribution >= 0.6 is 0 Å². The number of amides is 1. The lowest BCUT2D eigenvalue weighted by Gasteiger charge is -2.36. The van der Waals surface area contributed by atoms with Gasteiger partial charge in [0.25, 0.3) is 0 Å². The highest BCUT2D eigenvalue weighted by Crippen LogP contribution is 2.53. The van der Waals surface area contributed by atoms with Crippen LogP contribution in [-0.4, -0.2) is 11.4 Å². The molecule has 2 bridgehead atoms. The fourth-order valence-electron chi connectivity index (χ4n) is 2.78. The fourth-order valence-corrected chi connectivity index (χ4v) is 2.78. The summed E-state index contributed by atoms with van der Waals surface area (Å²) in [5.41, 5.74) is -0.0634. The van der Waals surface area contributed by atoms with Gasteiger partial charge < -0.3 is 5.32 Å².